The number of aromatic nitrogens is 2. The zero-order chi connectivity index (χ0) is 16.4. The van der Waals surface area contributed by atoms with Crippen LogP contribution in [0.1, 0.15) is 30.0 Å². The van der Waals surface area contributed by atoms with Crippen LogP contribution in [0, 0.1) is 6.92 Å². The first kappa shape index (κ1) is 15.3. The molecule has 6 nitrogen and oxygen atoms in total. The van der Waals surface area contributed by atoms with Gasteiger partial charge in [0.2, 0.25) is 5.91 Å². The molecule has 1 heterocycles. The van der Waals surface area contributed by atoms with Gasteiger partial charge in [0.05, 0.1) is 12.8 Å². The van der Waals surface area contributed by atoms with Crippen LogP contribution in [-0.2, 0) is 11.3 Å². The molecule has 2 aromatic rings. The summed E-state index contributed by atoms with van der Waals surface area (Å²) in [5, 5.41) is 7.10. The molecule has 0 bridgehead atoms. The van der Waals surface area contributed by atoms with E-state index in [4.69, 9.17) is 4.74 Å². The Morgan fingerprint density at radius 2 is 2.13 bits per heavy atom. The highest BCUT2D eigenvalue weighted by molar-refractivity contribution is 5.91. The molecule has 1 aliphatic rings. The highest BCUT2D eigenvalue weighted by Crippen LogP contribution is 2.38. The molecule has 1 aromatic carbocycles. The third kappa shape index (κ3) is 3.59. The van der Waals surface area contributed by atoms with Crippen molar-refractivity contribution in [2.24, 2.45) is 0 Å². The summed E-state index contributed by atoms with van der Waals surface area (Å²) in [6, 6.07) is 8.63. The maximum absolute atomic E-state index is 12.2. The van der Waals surface area contributed by atoms with Crippen LogP contribution in [0.3, 0.4) is 0 Å². The molecule has 23 heavy (non-hydrogen) atoms. The maximum atomic E-state index is 12.2. The minimum atomic E-state index is -0.277. The first-order valence-electron chi connectivity index (χ1n) is 7.59. The third-order valence-corrected chi connectivity index (χ3v) is 3.88. The molecule has 0 unspecified atom stereocenters. The molecule has 0 spiro atoms. The van der Waals surface area contributed by atoms with Crippen LogP contribution in [0.4, 0.5) is 5.69 Å². The van der Waals surface area contributed by atoms with Crippen molar-refractivity contribution in [2.75, 3.05) is 12.4 Å². The lowest BCUT2D eigenvalue weighted by atomic mass is 10.2. The largest absolute Gasteiger partial charge is 0.497 e. The summed E-state index contributed by atoms with van der Waals surface area (Å²) in [6.45, 7) is 1.79. The second-order valence-corrected chi connectivity index (χ2v) is 5.76. The standard InChI is InChI=1S/C17H19N3O3/c1-11-9-13(23-2)5-6-14(11)18-16(21)10-20-17(22)8-7-15(19-20)12-3-4-12/h5-9,12H,3-4,10H2,1-2H3,(H,18,21). The van der Waals surface area contributed by atoms with E-state index < -0.39 is 0 Å². The molecule has 6 heteroatoms. The maximum Gasteiger partial charge on any atom is 0.267 e. The Balaban J connectivity index is 1.72. The predicted octanol–water partition coefficient (Wildman–Crippen LogP) is 2.08. The van der Waals surface area contributed by atoms with Gasteiger partial charge in [-0.25, -0.2) is 4.68 Å². The monoisotopic (exact) mass is 313 g/mol. The van der Waals surface area contributed by atoms with Gasteiger partial charge in [-0.15, -0.1) is 0 Å². The lowest BCUT2D eigenvalue weighted by Gasteiger charge is -2.11. The Labute approximate surface area is 134 Å². The van der Waals surface area contributed by atoms with Crippen LogP contribution in [0.2, 0.25) is 0 Å². The van der Waals surface area contributed by atoms with Crippen molar-refractivity contribution in [1.82, 2.24) is 9.78 Å². The highest BCUT2D eigenvalue weighted by Gasteiger charge is 2.25. The SMILES string of the molecule is COc1ccc(NC(=O)Cn2nc(C3CC3)ccc2=O)c(C)c1. The van der Waals surface area contributed by atoms with Crippen LogP contribution in [-0.4, -0.2) is 22.8 Å². The van der Waals surface area contributed by atoms with E-state index in [9.17, 15) is 9.59 Å². The van der Waals surface area contributed by atoms with Gasteiger partial charge in [0.1, 0.15) is 12.3 Å². The van der Waals surface area contributed by atoms with Crippen LogP contribution in [0.5, 0.6) is 5.75 Å². The number of hydrogen-bond donors (Lipinski definition) is 1. The number of rotatable bonds is 5. The summed E-state index contributed by atoms with van der Waals surface area (Å²) in [6.07, 6.45) is 2.20. The average molecular weight is 313 g/mol. The second-order valence-electron chi connectivity index (χ2n) is 5.76. The first-order valence-corrected chi connectivity index (χ1v) is 7.59. The van der Waals surface area contributed by atoms with E-state index in [1.807, 2.05) is 13.0 Å². The molecule has 3 rings (SSSR count). The Bertz CT molecular complexity index is 794. The number of anilines is 1. The van der Waals surface area contributed by atoms with Crippen molar-refractivity contribution in [3.63, 3.8) is 0 Å². The van der Waals surface area contributed by atoms with Crippen LogP contribution >= 0.6 is 0 Å². The first-order chi connectivity index (χ1) is 11.1. The quantitative estimate of drug-likeness (QED) is 0.917. The second kappa shape index (κ2) is 6.24. The summed E-state index contributed by atoms with van der Waals surface area (Å²) in [7, 11) is 1.60. The molecule has 0 atom stereocenters. The lowest BCUT2D eigenvalue weighted by molar-refractivity contribution is -0.117. The van der Waals surface area contributed by atoms with Crippen molar-refractivity contribution in [2.45, 2.75) is 32.2 Å². The molecule has 0 aliphatic heterocycles. The summed E-state index contributed by atoms with van der Waals surface area (Å²) >= 11 is 0. The number of amides is 1. The van der Waals surface area contributed by atoms with E-state index in [0.29, 0.717) is 11.6 Å². The van der Waals surface area contributed by atoms with Crippen LogP contribution < -0.4 is 15.6 Å². The van der Waals surface area contributed by atoms with Gasteiger partial charge in [-0.3, -0.25) is 9.59 Å². The number of ether oxygens (including phenoxy) is 1. The predicted molar refractivity (Wildman–Crippen MR) is 86.8 cm³/mol. The van der Waals surface area contributed by atoms with Crippen molar-refractivity contribution >= 4 is 11.6 Å². The number of benzene rings is 1. The van der Waals surface area contributed by atoms with Crippen molar-refractivity contribution < 1.29 is 9.53 Å². The minimum absolute atomic E-state index is 0.0924. The van der Waals surface area contributed by atoms with Crippen molar-refractivity contribution in [3.8, 4) is 5.75 Å². The zero-order valence-electron chi connectivity index (χ0n) is 13.2. The fourth-order valence-corrected chi connectivity index (χ4v) is 2.40. The van der Waals surface area contributed by atoms with Gasteiger partial charge in [-0.05, 0) is 49.6 Å². The summed E-state index contributed by atoms with van der Waals surface area (Å²) in [4.78, 5) is 24.1. The molecular weight excluding hydrogens is 294 g/mol. The van der Waals surface area contributed by atoms with Gasteiger partial charge in [0, 0.05) is 17.7 Å². The van der Waals surface area contributed by atoms with Crippen LogP contribution in [0.25, 0.3) is 0 Å². The number of carbonyl (C=O) groups is 1. The molecule has 1 fully saturated rings. The Kier molecular flexibility index (Phi) is 4.14. The molecule has 1 amide bonds. The number of nitrogens with one attached hydrogen (secondary N) is 1. The Morgan fingerprint density at radius 3 is 2.78 bits per heavy atom. The third-order valence-electron chi connectivity index (χ3n) is 3.88. The molecule has 1 aromatic heterocycles. The number of hydrogen-bond acceptors (Lipinski definition) is 4. The van der Waals surface area contributed by atoms with Gasteiger partial charge >= 0.3 is 0 Å². The molecule has 1 N–H and O–H groups in total. The molecular formula is C17H19N3O3. The molecule has 0 radical (unpaired) electrons. The van der Waals surface area contributed by atoms with Gasteiger partial charge < -0.3 is 10.1 Å². The van der Waals surface area contributed by atoms with E-state index >= 15 is 0 Å². The highest BCUT2D eigenvalue weighted by atomic mass is 16.5. The van der Waals surface area contributed by atoms with Crippen LogP contribution in [0.15, 0.2) is 35.1 Å². The van der Waals surface area contributed by atoms with E-state index in [0.717, 1.165) is 29.8 Å². The van der Waals surface area contributed by atoms with E-state index in [1.54, 1.807) is 25.3 Å². The van der Waals surface area contributed by atoms with Gasteiger partial charge in [-0.2, -0.15) is 5.10 Å². The Hall–Kier alpha value is -2.63. The van der Waals surface area contributed by atoms with E-state index in [1.165, 1.54) is 10.7 Å². The lowest BCUT2D eigenvalue weighted by Crippen LogP contribution is -2.29. The number of methoxy groups -OCH3 is 1. The summed E-state index contributed by atoms with van der Waals surface area (Å²) < 4.78 is 6.36. The summed E-state index contributed by atoms with van der Waals surface area (Å²) in [5.74, 6) is 0.894. The van der Waals surface area contributed by atoms with Gasteiger partial charge in [0.25, 0.3) is 5.56 Å². The van der Waals surface area contributed by atoms with Gasteiger partial charge in [0.15, 0.2) is 0 Å². The van der Waals surface area contributed by atoms with Crippen molar-refractivity contribution in [1.29, 1.82) is 0 Å². The fraction of sp³-hybridized carbons (Fsp3) is 0.353. The number of carbonyl (C=O) groups excluding carboxylic acids is 1. The zero-order valence-corrected chi connectivity index (χ0v) is 13.2. The smallest absolute Gasteiger partial charge is 0.267 e. The summed E-state index contributed by atoms with van der Waals surface area (Å²) in [5.41, 5.74) is 2.21. The van der Waals surface area contributed by atoms with E-state index in [2.05, 4.69) is 10.4 Å². The molecule has 1 saturated carbocycles. The number of nitrogens with zero attached hydrogens (tertiary/aromatic N) is 2. The van der Waals surface area contributed by atoms with Gasteiger partial charge in [-0.1, -0.05) is 0 Å². The fourth-order valence-electron chi connectivity index (χ4n) is 2.40. The average Bonchev–Trinajstić information content (AvgIpc) is 3.36. The van der Waals surface area contributed by atoms with E-state index in [-0.39, 0.29) is 18.0 Å². The molecule has 0 saturated heterocycles. The molecule has 1 aliphatic carbocycles. The topological polar surface area (TPSA) is 73.2 Å². The normalized spacial score (nSPS) is 13.7. The minimum Gasteiger partial charge on any atom is -0.497 e. The number of aryl methyl sites for hydroxylation is 1. The van der Waals surface area contributed by atoms with Crippen molar-refractivity contribution in [3.05, 3.63) is 51.9 Å². The Morgan fingerprint density at radius 1 is 1.35 bits per heavy atom. The molecule has 120 valence electrons.